The Balaban J connectivity index is 2.06. The zero-order valence-corrected chi connectivity index (χ0v) is 16.5. The van der Waals surface area contributed by atoms with Crippen molar-refractivity contribution in [2.24, 2.45) is 11.8 Å². The van der Waals surface area contributed by atoms with Crippen LogP contribution in [0.1, 0.15) is 20.3 Å². The number of nitrogens with zero attached hydrogens (tertiary/aromatic N) is 2. The molecule has 0 radical (unpaired) electrons. The molecule has 2 N–H and O–H groups in total. The van der Waals surface area contributed by atoms with Crippen LogP contribution >= 0.6 is 0 Å². The van der Waals surface area contributed by atoms with E-state index < -0.39 is 44.0 Å². The number of anilines is 1. The van der Waals surface area contributed by atoms with Crippen LogP contribution in [-0.4, -0.2) is 56.2 Å². The van der Waals surface area contributed by atoms with Gasteiger partial charge in [0.1, 0.15) is 0 Å². The molecule has 2 fully saturated rings. The molecule has 2 aliphatic rings. The zero-order valence-electron chi connectivity index (χ0n) is 14.9. The Hall–Kier alpha value is -1.65. The molecular formula is C16H23N3O5S2. The largest absolute Gasteiger partial charge is 0.399 e. The van der Waals surface area contributed by atoms with Gasteiger partial charge in [-0.25, -0.2) is 21.1 Å². The molecule has 8 nitrogen and oxygen atoms in total. The third-order valence-electron chi connectivity index (χ3n) is 5.11. The zero-order chi connectivity index (χ0) is 19.4. The normalized spacial score (nSPS) is 27.3. The summed E-state index contributed by atoms with van der Waals surface area (Å²) in [6.07, 6.45) is 1.28. The lowest BCUT2D eigenvalue weighted by molar-refractivity contribution is -0.129. The fourth-order valence-corrected chi connectivity index (χ4v) is 6.91. The summed E-state index contributed by atoms with van der Waals surface area (Å²) < 4.78 is 52.7. The summed E-state index contributed by atoms with van der Waals surface area (Å²) in [4.78, 5) is 12.9. The van der Waals surface area contributed by atoms with Crippen molar-refractivity contribution in [1.29, 1.82) is 0 Å². The summed E-state index contributed by atoms with van der Waals surface area (Å²) >= 11 is 0. The molecule has 1 amide bonds. The van der Waals surface area contributed by atoms with E-state index in [0.29, 0.717) is 12.1 Å². The smallest absolute Gasteiger partial charge is 0.243 e. The second-order valence-corrected chi connectivity index (χ2v) is 10.9. The van der Waals surface area contributed by atoms with Crippen LogP contribution in [0.15, 0.2) is 29.2 Å². The number of hydrogen-bond acceptors (Lipinski definition) is 6. The van der Waals surface area contributed by atoms with Crippen LogP contribution in [0.2, 0.25) is 0 Å². The minimum atomic E-state index is -3.86. The van der Waals surface area contributed by atoms with Crippen LogP contribution < -0.4 is 5.73 Å². The van der Waals surface area contributed by atoms with E-state index in [-0.39, 0.29) is 17.4 Å². The number of hydrogen-bond donors (Lipinski definition) is 1. The molecule has 26 heavy (non-hydrogen) atoms. The van der Waals surface area contributed by atoms with Gasteiger partial charge in [-0.2, -0.15) is 4.31 Å². The van der Waals surface area contributed by atoms with Crippen molar-refractivity contribution < 1.29 is 21.6 Å². The van der Waals surface area contributed by atoms with Crippen molar-refractivity contribution >= 4 is 31.6 Å². The summed E-state index contributed by atoms with van der Waals surface area (Å²) in [6.45, 7) is 3.78. The standard InChI is InChI=1S/C16H23N3O5S2/c1-10(2)14-15-13(19(16(14)20)25(3,21)22)8-9-18(15)26(23,24)12-6-4-11(17)5-7-12/h4-7,10,13-15H,8-9,17H2,1-3H3/t13-,14+,15-/m0/s1. The van der Waals surface area contributed by atoms with Gasteiger partial charge in [0, 0.05) is 12.2 Å². The first-order valence-corrected chi connectivity index (χ1v) is 11.7. The summed E-state index contributed by atoms with van der Waals surface area (Å²) in [5.74, 6) is -1.40. The van der Waals surface area contributed by atoms with Crippen molar-refractivity contribution in [2.45, 2.75) is 37.2 Å². The summed E-state index contributed by atoms with van der Waals surface area (Å²) in [7, 11) is -7.63. The molecule has 0 saturated carbocycles. The second-order valence-electron chi connectivity index (χ2n) is 7.20. The maximum atomic E-state index is 13.1. The van der Waals surface area contributed by atoms with Gasteiger partial charge in [0.15, 0.2) is 0 Å². The van der Waals surface area contributed by atoms with Gasteiger partial charge in [-0.3, -0.25) is 4.79 Å². The lowest BCUT2D eigenvalue weighted by Gasteiger charge is -2.28. The molecular weight excluding hydrogens is 378 g/mol. The molecule has 10 heteroatoms. The molecule has 2 saturated heterocycles. The van der Waals surface area contributed by atoms with Crippen LogP contribution in [0.25, 0.3) is 0 Å². The predicted octanol–water partition coefficient (Wildman–Crippen LogP) is 0.474. The van der Waals surface area contributed by atoms with E-state index in [1.54, 1.807) is 13.8 Å². The molecule has 0 spiro atoms. The predicted molar refractivity (Wildman–Crippen MR) is 97.0 cm³/mol. The Morgan fingerprint density at radius 1 is 1.12 bits per heavy atom. The molecule has 1 aromatic rings. The van der Waals surface area contributed by atoms with Crippen molar-refractivity contribution in [3.63, 3.8) is 0 Å². The van der Waals surface area contributed by atoms with Crippen molar-refractivity contribution in [3.05, 3.63) is 24.3 Å². The van der Waals surface area contributed by atoms with Crippen LogP contribution in [0.4, 0.5) is 5.69 Å². The SMILES string of the molecule is CC(C)[C@H]1C(=O)N(S(C)(=O)=O)[C@H]2CCN(S(=O)(=O)c3ccc(N)cc3)[C@H]12. The van der Waals surface area contributed by atoms with E-state index in [1.807, 2.05) is 0 Å². The van der Waals surface area contributed by atoms with E-state index >= 15 is 0 Å². The van der Waals surface area contributed by atoms with Gasteiger partial charge < -0.3 is 5.73 Å². The number of sulfonamides is 2. The van der Waals surface area contributed by atoms with Gasteiger partial charge >= 0.3 is 0 Å². The lowest BCUT2D eigenvalue weighted by Crippen LogP contribution is -2.44. The number of fused-ring (bicyclic) bond motifs is 1. The van der Waals surface area contributed by atoms with Crippen LogP contribution in [0.3, 0.4) is 0 Å². The Kier molecular flexibility index (Phi) is 4.56. The van der Waals surface area contributed by atoms with Crippen molar-refractivity contribution in [2.75, 3.05) is 18.5 Å². The number of amides is 1. The highest BCUT2D eigenvalue weighted by Crippen LogP contribution is 2.43. The third-order valence-corrected chi connectivity index (χ3v) is 8.18. The fraction of sp³-hybridized carbons (Fsp3) is 0.562. The molecule has 0 aliphatic carbocycles. The van der Waals surface area contributed by atoms with E-state index in [9.17, 15) is 21.6 Å². The van der Waals surface area contributed by atoms with Gasteiger partial charge in [-0.15, -0.1) is 0 Å². The van der Waals surface area contributed by atoms with E-state index in [0.717, 1.165) is 10.6 Å². The monoisotopic (exact) mass is 401 g/mol. The number of carbonyl (C=O) groups is 1. The highest BCUT2D eigenvalue weighted by Gasteiger charge is 2.59. The van der Waals surface area contributed by atoms with Crippen molar-refractivity contribution in [3.8, 4) is 0 Å². The first-order chi connectivity index (χ1) is 12.0. The molecule has 0 bridgehead atoms. The average Bonchev–Trinajstić information content (AvgIpc) is 3.02. The van der Waals surface area contributed by atoms with Gasteiger partial charge in [-0.05, 0) is 36.6 Å². The molecule has 3 rings (SSSR count). The average molecular weight is 402 g/mol. The number of benzene rings is 1. The minimum absolute atomic E-state index is 0.0834. The van der Waals surface area contributed by atoms with Crippen LogP contribution in [0.5, 0.6) is 0 Å². The molecule has 144 valence electrons. The van der Waals surface area contributed by atoms with Gasteiger partial charge in [0.05, 0.1) is 29.2 Å². The summed E-state index contributed by atoms with van der Waals surface area (Å²) in [5, 5.41) is 0. The van der Waals surface area contributed by atoms with Crippen molar-refractivity contribution in [1.82, 2.24) is 8.61 Å². The van der Waals surface area contributed by atoms with Crippen LogP contribution in [0, 0.1) is 11.8 Å². The molecule has 0 unspecified atom stereocenters. The van der Waals surface area contributed by atoms with Gasteiger partial charge in [0.25, 0.3) is 0 Å². The second kappa shape index (κ2) is 6.21. The Bertz CT molecular complexity index is 925. The van der Waals surface area contributed by atoms with Gasteiger partial charge in [-0.1, -0.05) is 13.8 Å². The maximum Gasteiger partial charge on any atom is 0.243 e. The number of rotatable bonds is 4. The topological polar surface area (TPSA) is 118 Å². The summed E-state index contributed by atoms with van der Waals surface area (Å²) in [5.41, 5.74) is 6.08. The molecule has 2 aliphatic heterocycles. The van der Waals surface area contributed by atoms with E-state index in [2.05, 4.69) is 0 Å². The summed E-state index contributed by atoms with van der Waals surface area (Å²) in [6, 6.07) is 4.50. The third kappa shape index (κ3) is 2.89. The quantitative estimate of drug-likeness (QED) is 0.733. The van der Waals surface area contributed by atoms with E-state index in [1.165, 1.54) is 28.6 Å². The van der Waals surface area contributed by atoms with E-state index in [4.69, 9.17) is 5.73 Å². The highest BCUT2D eigenvalue weighted by molar-refractivity contribution is 7.89. The number of carbonyl (C=O) groups excluding carboxylic acids is 1. The van der Waals surface area contributed by atoms with Crippen LogP contribution in [-0.2, 0) is 24.8 Å². The minimum Gasteiger partial charge on any atom is -0.399 e. The molecule has 2 heterocycles. The fourth-order valence-electron chi connectivity index (χ4n) is 4.05. The van der Waals surface area contributed by atoms with Gasteiger partial charge in [0.2, 0.25) is 26.0 Å². The first kappa shape index (κ1) is 19.1. The first-order valence-electron chi connectivity index (χ1n) is 8.37. The number of nitrogen functional groups attached to an aromatic ring is 1. The molecule has 3 atom stereocenters. The Morgan fingerprint density at radius 2 is 1.69 bits per heavy atom. The maximum absolute atomic E-state index is 13.1. The highest BCUT2D eigenvalue weighted by atomic mass is 32.2. The molecule has 0 aromatic heterocycles. The number of nitrogens with two attached hydrogens (primary N) is 1. The Labute approximate surface area is 154 Å². The Morgan fingerprint density at radius 3 is 2.19 bits per heavy atom. The lowest BCUT2D eigenvalue weighted by atomic mass is 9.89. The molecule has 1 aromatic carbocycles.